The molecular weight excluding hydrogens is 238 g/mol. The van der Waals surface area contributed by atoms with Crippen LogP contribution < -0.4 is 0 Å². The molecule has 3 heteroatoms. The second-order valence-electron chi connectivity index (χ2n) is 5.21. The van der Waals surface area contributed by atoms with Crippen LogP contribution in [0, 0.1) is 6.92 Å². The number of benzene rings is 1. The maximum absolute atomic E-state index is 12.1. The van der Waals surface area contributed by atoms with Crippen molar-refractivity contribution < 1.29 is 9.53 Å². The van der Waals surface area contributed by atoms with Gasteiger partial charge in [0.25, 0.3) is 0 Å². The SMILES string of the molecule is CCOCC(=O)N1CCC[C@@H]1Cc1ccc(C)cc1. The number of ether oxygens (including phenoxy) is 1. The summed E-state index contributed by atoms with van der Waals surface area (Å²) in [4.78, 5) is 14.1. The van der Waals surface area contributed by atoms with Crippen molar-refractivity contribution in [2.45, 2.75) is 39.2 Å². The molecule has 3 nitrogen and oxygen atoms in total. The molecule has 1 heterocycles. The average Bonchev–Trinajstić information content (AvgIpc) is 2.87. The number of carbonyl (C=O) groups is 1. The molecule has 2 rings (SSSR count). The molecule has 1 amide bonds. The highest BCUT2D eigenvalue weighted by Gasteiger charge is 2.28. The Balaban J connectivity index is 1.95. The topological polar surface area (TPSA) is 29.5 Å². The van der Waals surface area contributed by atoms with Gasteiger partial charge in [-0.2, -0.15) is 0 Å². The number of rotatable bonds is 5. The van der Waals surface area contributed by atoms with Crippen molar-refractivity contribution in [1.29, 1.82) is 0 Å². The highest BCUT2D eigenvalue weighted by Crippen LogP contribution is 2.21. The monoisotopic (exact) mass is 261 g/mol. The van der Waals surface area contributed by atoms with Crippen molar-refractivity contribution in [3.05, 3.63) is 35.4 Å². The van der Waals surface area contributed by atoms with Crippen molar-refractivity contribution in [3.8, 4) is 0 Å². The van der Waals surface area contributed by atoms with Crippen LogP contribution in [0.4, 0.5) is 0 Å². The summed E-state index contributed by atoms with van der Waals surface area (Å²) in [5.41, 5.74) is 2.59. The van der Waals surface area contributed by atoms with E-state index in [0.29, 0.717) is 12.6 Å². The third-order valence-electron chi connectivity index (χ3n) is 3.72. The first-order valence-corrected chi connectivity index (χ1v) is 7.13. The summed E-state index contributed by atoms with van der Waals surface area (Å²) in [7, 11) is 0. The predicted molar refractivity (Wildman–Crippen MR) is 76.1 cm³/mol. The third-order valence-corrected chi connectivity index (χ3v) is 3.72. The summed E-state index contributed by atoms with van der Waals surface area (Å²) in [5, 5.41) is 0. The maximum atomic E-state index is 12.1. The molecule has 0 spiro atoms. The van der Waals surface area contributed by atoms with Gasteiger partial charge in [-0.25, -0.2) is 0 Å². The van der Waals surface area contributed by atoms with Crippen LogP contribution in [0.2, 0.25) is 0 Å². The van der Waals surface area contributed by atoms with E-state index in [1.54, 1.807) is 0 Å². The quantitative estimate of drug-likeness (QED) is 0.815. The van der Waals surface area contributed by atoms with Crippen LogP contribution in [0.15, 0.2) is 24.3 Å². The van der Waals surface area contributed by atoms with Crippen LogP contribution in [-0.2, 0) is 16.0 Å². The summed E-state index contributed by atoms with van der Waals surface area (Å²) in [6.45, 7) is 5.71. The van der Waals surface area contributed by atoms with Crippen LogP contribution in [0.1, 0.15) is 30.9 Å². The zero-order valence-electron chi connectivity index (χ0n) is 11.9. The van der Waals surface area contributed by atoms with Gasteiger partial charge in [0.1, 0.15) is 6.61 Å². The highest BCUT2D eigenvalue weighted by molar-refractivity contribution is 5.78. The summed E-state index contributed by atoms with van der Waals surface area (Å²) >= 11 is 0. The summed E-state index contributed by atoms with van der Waals surface area (Å²) in [6.07, 6.45) is 3.16. The predicted octanol–water partition coefficient (Wildman–Crippen LogP) is 2.57. The summed E-state index contributed by atoms with van der Waals surface area (Å²) in [6, 6.07) is 8.95. The lowest BCUT2D eigenvalue weighted by molar-refractivity contribution is -0.136. The first-order chi connectivity index (χ1) is 9.20. The molecule has 1 saturated heterocycles. The minimum Gasteiger partial charge on any atom is -0.372 e. The van der Waals surface area contributed by atoms with E-state index in [1.807, 2.05) is 11.8 Å². The van der Waals surface area contributed by atoms with Crippen LogP contribution in [0.5, 0.6) is 0 Å². The summed E-state index contributed by atoms with van der Waals surface area (Å²) < 4.78 is 5.23. The molecular formula is C16H23NO2. The zero-order chi connectivity index (χ0) is 13.7. The minimum absolute atomic E-state index is 0.136. The van der Waals surface area contributed by atoms with Gasteiger partial charge in [-0.05, 0) is 38.7 Å². The first-order valence-electron chi connectivity index (χ1n) is 7.13. The van der Waals surface area contributed by atoms with Crippen molar-refractivity contribution in [2.24, 2.45) is 0 Å². The minimum atomic E-state index is 0.136. The number of amides is 1. The Morgan fingerprint density at radius 1 is 1.37 bits per heavy atom. The Labute approximate surface area is 115 Å². The molecule has 1 aliphatic rings. The van der Waals surface area contributed by atoms with E-state index >= 15 is 0 Å². The van der Waals surface area contributed by atoms with Crippen molar-refractivity contribution in [2.75, 3.05) is 19.8 Å². The van der Waals surface area contributed by atoms with Gasteiger partial charge in [0.15, 0.2) is 0 Å². The van der Waals surface area contributed by atoms with E-state index in [1.165, 1.54) is 11.1 Å². The normalized spacial score (nSPS) is 18.8. The van der Waals surface area contributed by atoms with Gasteiger partial charge in [-0.3, -0.25) is 4.79 Å². The van der Waals surface area contributed by atoms with Crippen LogP contribution in [-0.4, -0.2) is 36.6 Å². The van der Waals surface area contributed by atoms with E-state index in [-0.39, 0.29) is 12.5 Å². The Bertz CT molecular complexity index is 413. The van der Waals surface area contributed by atoms with Gasteiger partial charge in [0, 0.05) is 19.2 Å². The van der Waals surface area contributed by atoms with Gasteiger partial charge in [-0.15, -0.1) is 0 Å². The van der Waals surface area contributed by atoms with Gasteiger partial charge in [0.2, 0.25) is 5.91 Å². The summed E-state index contributed by atoms with van der Waals surface area (Å²) in [5.74, 6) is 0.136. The number of hydrogen-bond donors (Lipinski definition) is 0. The highest BCUT2D eigenvalue weighted by atomic mass is 16.5. The lowest BCUT2D eigenvalue weighted by Gasteiger charge is -2.24. The molecule has 1 aliphatic heterocycles. The molecule has 19 heavy (non-hydrogen) atoms. The van der Waals surface area contributed by atoms with Gasteiger partial charge in [-0.1, -0.05) is 29.8 Å². The van der Waals surface area contributed by atoms with Gasteiger partial charge >= 0.3 is 0 Å². The molecule has 1 aromatic rings. The molecule has 0 N–H and O–H groups in total. The van der Waals surface area contributed by atoms with Crippen LogP contribution >= 0.6 is 0 Å². The Hall–Kier alpha value is -1.35. The number of aryl methyl sites for hydroxylation is 1. The van der Waals surface area contributed by atoms with E-state index in [9.17, 15) is 4.79 Å². The van der Waals surface area contributed by atoms with Gasteiger partial charge < -0.3 is 9.64 Å². The molecule has 1 fully saturated rings. The smallest absolute Gasteiger partial charge is 0.248 e. The molecule has 0 radical (unpaired) electrons. The Kier molecular flexibility index (Phi) is 4.97. The third kappa shape index (κ3) is 3.80. The molecule has 0 unspecified atom stereocenters. The first kappa shape index (κ1) is 14.1. The molecule has 0 aliphatic carbocycles. The second-order valence-corrected chi connectivity index (χ2v) is 5.21. The maximum Gasteiger partial charge on any atom is 0.248 e. The number of carbonyl (C=O) groups excluding carboxylic acids is 1. The van der Waals surface area contributed by atoms with Crippen molar-refractivity contribution in [1.82, 2.24) is 4.90 Å². The fraction of sp³-hybridized carbons (Fsp3) is 0.562. The molecule has 1 atom stereocenters. The van der Waals surface area contributed by atoms with Crippen LogP contribution in [0.3, 0.4) is 0 Å². The lowest BCUT2D eigenvalue weighted by atomic mass is 10.0. The average molecular weight is 261 g/mol. The second kappa shape index (κ2) is 6.71. The fourth-order valence-corrected chi connectivity index (χ4v) is 2.64. The molecule has 0 bridgehead atoms. The van der Waals surface area contributed by atoms with E-state index < -0.39 is 0 Å². The standard InChI is InChI=1S/C16H23NO2/c1-3-19-12-16(18)17-10-4-5-15(17)11-14-8-6-13(2)7-9-14/h6-9,15H,3-5,10-12H2,1-2H3/t15-/m1/s1. The number of nitrogens with zero attached hydrogens (tertiary/aromatic N) is 1. The van der Waals surface area contributed by atoms with E-state index in [4.69, 9.17) is 4.74 Å². The van der Waals surface area contributed by atoms with Crippen molar-refractivity contribution in [3.63, 3.8) is 0 Å². The molecule has 104 valence electrons. The Morgan fingerprint density at radius 3 is 2.79 bits per heavy atom. The van der Waals surface area contributed by atoms with E-state index in [2.05, 4.69) is 31.2 Å². The zero-order valence-corrected chi connectivity index (χ0v) is 11.9. The largest absolute Gasteiger partial charge is 0.372 e. The number of likely N-dealkylation sites (tertiary alicyclic amines) is 1. The molecule has 1 aromatic carbocycles. The molecule has 0 saturated carbocycles. The van der Waals surface area contributed by atoms with E-state index in [0.717, 1.165) is 25.8 Å². The van der Waals surface area contributed by atoms with Gasteiger partial charge in [0.05, 0.1) is 0 Å². The lowest BCUT2D eigenvalue weighted by Crippen LogP contribution is -2.39. The Morgan fingerprint density at radius 2 is 2.11 bits per heavy atom. The van der Waals surface area contributed by atoms with Crippen molar-refractivity contribution >= 4 is 5.91 Å². The van der Waals surface area contributed by atoms with Crippen LogP contribution in [0.25, 0.3) is 0 Å². The fourth-order valence-electron chi connectivity index (χ4n) is 2.64. The number of hydrogen-bond acceptors (Lipinski definition) is 2. The molecule has 0 aromatic heterocycles.